The highest BCUT2D eigenvalue weighted by atomic mass is 19.4. The monoisotopic (exact) mass is 305 g/mol. The number of carbonyl (C=O) groups excluding carboxylic acids is 1. The molecular formula is C14H15F4NO2. The van der Waals surface area contributed by atoms with Crippen molar-refractivity contribution in [2.24, 2.45) is 0 Å². The van der Waals surface area contributed by atoms with Gasteiger partial charge in [-0.15, -0.1) is 0 Å². The van der Waals surface area contributed by atoms with Crippen molar-refractivity contribution in [1.82, 2.24) is 5.32 Å². The number of benzene rings is 1. The van der Waals surface area contributed by atoms with Gasteiger partial charge in [-0.2, -0.15) is 13.2 Å². The molecule has 1 N–H and O–H groups in total. The average Bonchev–Trinajstić information content (AvgIpc) is 2.68. The van der Waals surface area contributed by atoms with Crippen molar-refractivity contribution in [3.8, 4) is 0 Å². The number of alkyl halides is 3. The smallest absolute Gasteiger partial charge is 0.376 e. The fourth-order valence-corrected chi connectivity index (χ4v) is 2.27. The maximum absolute atomic E-state index is 13.0. The largest absolute Gasteiger partial charge is 0.417 e. The van der Waals surface area contributed by atoms with Crippen LogP contribution < -0.4 is 5.32 Å². The van der Waals surface area contributed by atoms with E-state index in [2.05, 4.69) is 5.32 Å². The van der Waals surface area contributed by atoms with Gasteiger partial charge in [-0.05, 0) is 38.5 Å². The third kappa shape index (κ3) is 3.18. The summed E-state index contributed by atoms with van der Waals surface area (Å²) < 4.78 is 57.1. The van der Waals surface area contributed by atoms with E-state index in [1.54, 1.807) is 13.8 Å². The number of rotatable bonds is 2. The molecule has 1 aliphatic rings. The van der Waals surface area contributed by atoms with Gasteiger partial charge in [-0.25, -0.2) is 4.39 Å². The molecule has 1 aromatic rings. The minimum absolute atomic E-state index is 0.309. The number of hydrogen-bond acceptors (Lipinski definition) is 2. The summed E-state index contributed by atoms with van der Waals surface area (Å²) in [6, 6.07) is 2.00. The summed E-state index contributed by atoms with van der Waals surface area (Å²) in [4.78, 5) is 12.1. The number of nitrogens with one attached hydrogen (secondary N) is 1. The van der Waals surface area contributed by atoms with Crippen molar-refractivity contribution in [3.05, 3.63) is 35.1 Å². The molecule has 21 heavy (non-hydrogen) atoms. The van der Waals surface area contributed by atoms with Crippen molar-refractivity contribution in [2.45, 2.75) is 38.1 Å². The number of ether oxygens (including phenoxy) is 1. The number of halogens is 4. The molecule has 0 aliphatic carbocycles. The maximum atomic E-state index is 13.0. The van der Waals surface area contributed by atoms with Crippen LogP contribution in [0, 0.1) is 5.82 Å². The SMILES string of the molecule is C[C@@H]1OCC[C@]1(C)NC(=O)c1ccc(F)cc1C(F)(F)F. The van der Waals surface area contributed by atoms with Crippen LogP contribution in [0.2, 0.25) is 0 Å². The summed E-state index contributed by atoms with van der Waals surface area (Å²) >= 11 is 0. The van der Waals surface area contributed by atoms with E-state index in [9.17, 15) is 22.4 Å². The van der Waals surface area contributed by atoms with Gasteiger partial charge < -0.3 is 10.1 Å². The molecule has 1 aromatic carbocycles. The van der Waals surface area contributed by atoms with Crippen LogP contribution in [0.25, 0.3) is 0 Å². The second-order valence-electron chi connectivity index (χ2n) is 5.32. The first-order valence-electron chi connectivity index (χ1n) is 6.44. The highest BCUT2D eigenvalue weighted by molar-refractivity contribution is 5.96. The van der Waals surface area contributed by atoms with Crippen LogP contribution in [-0.4, -0.2) is 24.2 Å². The van der Waals surface area contributed by atoms with Crippen LogP contribution in [0.1, 0.15) is 36.2 Å². The lowest BCUT2D eigenvalue weighted by atomic mass is 9.93. The van der Waals surface area contributed by atoms with Gasteiger partial charge in [0.05, 0.1) is 22.8 Å². The van der Waals surface area contributed by atoms with Crippen molar-refractivity contribution >= 4 is 5.91 Å². The number of hydrogen-bond donors (Lipinski definition) is 1. The molecule has 2 atom stereocenters. The highest BCUT2D eigenvalue weighted by Gasteiger charge is 2.41. The van der Waals surface area contributed by atoms with E-state index in [1.165, 1.54) is 0 Å². The number of carbonyl (C=O) groups is 1. The fourth-order valence-electron chi connectivity index (χ4n) is 2.27. The molecule has 3 nitrogen and oxygen atoms in total. The average molecular weight is 305 g/mol. The first-order valence-corrected chi connectivity index (χ1v) is 6.44. The normalized spacial score (nSPS) is 25.9. The first-order chi connectivity index (χ1) is 9.63. The van der Waals surface area contributed by atoms with Crippen LogP contribution in [-0.2, 0) is 10.9 Å². The highest BCUT2D eigenvalue weighted by Crippen LogP contribution is 2.33. The third-order valence-electron chi connectivity index (χ3n) is 3.82. The second-order valence-corrected chi connectivity index (χ2v) is 5.32. The van der Waals surface area contributed by atoms with Gasteiger partial charge in [0.15, 0.2) is 0 Å². The third-order valence-corrected chi connectivity index (χ3v) is 3.82. The molecular weight excluding hydrogens is 290 g/mol. The first kappa shape index (κ1) is 15.8. The van der Waals surface area contributed by atoms with Crippen LogP contribution in [0.4, 0.5) is 17.6 Å². The molecule has 1 amide bonds. The van der Waals surface area contributed by atoms with E-state index < -0.39 is 34.6 Å². The molecule has 7 heteroatoms. The fraction of sp³-hybridized carbons (Fsp3) is 0.500. The van der Waals surface area contributed by atoms with E-state index in [0.29, 0.717) is 19.1 Å². The van der Waals surface area contributed by atoms with Crippen molar-refractivity contribution < 1.29 is 27.1 Å². The molecule has 2 rings (SSSR count). The lowest BCUT2D eigenvalue weighted by molar-refractivity contribution is -0.138. The molecule has 1 aliphatic heterocycles. The zero-order valence-electron chi connectivity index (χ0n) is 11.6. The Balaban J connectivity index is 2.32. The summed E-state index contributed by atoms with van der Waals surface area (Å²) in [7, 11) is 0. The van der Waals surface area contributed by atoms with Crippen LogP contribution in [0.3, 0.4) is 0 Å². The van der Waals surface area contributed by atoms with Gasteiger partial charge in [0.1, 0.15) is 5.82 Å². The Kier molecular flexibility index (Phi) is 3.97. The minimum atomic E-state index is -4.80. The standard InChI is InChI=1S/C14H15F4NO2/c1-8-13(2,5-6-21-8)19-12(20)10-4-3-9(15)7-11(10)14(16,17)18/h3-4,7-8H,5-6H2,1-2H3,(H,19,20)/t8-,13-/m0/s1. The molecule has 0 unspecified atom stereocenters. The predicted molar refractivity (Wildman–Crippen MR) is 67.3 cm³/mol. The molecule has 0 bridgehead atoms. The zero-order chi connectivity index (χ0) is 15.8. The Labute approximate surface area is 119 Å². The summed E-state index contributed by atoms with van der Waals surface area (Å²) in [5.74, 6) is -1.93. The van der Waals surface area contributed by atoms with Gasteiger partial charge in [0.25, 0.3) is 5.91 Å². The van der Waals surface area contributed by atoms with Gasteiger partial charge in [-0.3, -0.25) is 4.79 Å². The molecule has 0 spiro atoms. The lowest BCUT2D eigenvalue weighted by Gasteiger charge is -2.29. The van der Waals surface area contributed by atoms with Crippen LogP contribution >= 0.6 is 0 Å². The quantitative estimate of drug-likeness (QED) is 0.853. The Morgan fingerprint density at radius 2 is 2.10 bits per heavy atom. The van der Waals surface area contributed by atoms with E-state index >= 15 is 0 Å². The lowest BCUT2D eigenvalue weighted by Crippen LogP contribution is -2.50. The molecule has 0 saturated carbocycles. The molecule has 116 valence electrons. The molecule has 0 aromatic heterocycles. The van der Waals surface area contributed by atoms with Crippen molar-refractivity contribution in [1.29, 1.82) is 0 Å². The Hall–Kier alpha value is -1.63. The number of amides is 1. The second kappa shape index (κ2) is 5.29. The van der Waals surface area contributed by atoms with Gasteiger partial charge in [-0.1, -0.05) is 0 Å². The van der Waals surface area contributed by atoms with E-state index in [1.807, 2.05) is 0 Å². The molecule has 0 radical (unpaired) electrons. The predicted octanol–water partition coefficient (Wildman–Crippen LogP) is 3.14. The summed E-state index contributed by atoms with van der Waals surface area (Å²) in [5.41, 5.74) is -2.62. The minimum Gasteiger partial charge on any atom is -0.376 e. The van der Waals surface area contributed by atoms with Crippen molar-refractivity contribution in [3.63, 3.8) is 0 Å². The van der Waals surface area contributed by atoms with Crippen LogP contribution in [0.5, 0.6) is 0 Å². The van der Waals surface area contributed by atoms with Gasteiger partial charge in [0.2, 0.25) is 0 Å². The Morgan fingerprint density at radius 1 is 1.43 bits per heavy atom. The summed E-state index contributed by atoms with van der Waals surface area (Å²) in [5, 5.41) is 2.57. The summed E-state index contributed by atoms with van der Waals surface area (Å²) in [6.45, 7) is 3.87. The van der Waals surface area contributed by atoms with E-state index in [-0.39, 0.29) is 6.10 Å². The van der Waals surface area contributed by atoms with Crippen LogP contribution in [0.15, 0.2) is 18.2 Å². The van der Waals surface area contributed by atoms with E-state index in [0.717, 1.165) is 12.1 Å². The molecule has 1 heterocycles. The van der Waals surface area contributed by atoms with E-state index in [4.69, 9.17) is 4.74 Å². The van der Waals surface area contributed by atoms with Crippen molar-refractivity contribution in [2.75, 3.05) is 6.61 Å². The summed E-state index contributed by atoms with van der Waals surface area (Å²) in [6.07, 6.45) is -4.60. The topological polar surface area (TPSA) is 38.3 Å². The molecule has 1 fully saturated rings. The zero-order valence-corrected chi connectivity index (χ0v) is 11.6. The Morgan fingerprint density at radius 3 is 2.62 bits per heavy atom. The van der Waals surface area contributed by atoms with Gasteiger partial charge in [0, 0.05) is 6.61 Å². The molecule has 1 saturated heterocycles. The Bertz CT molecular complexity index is 558. The maximum Gasteiger partial charge on any atom is 0.417 e. The van der Waals surface area contributed by atoms with Gasteiger partial charge >= 0.3 is 6.18 Å².